The van der Waals surface area contributed by atoms with E-state index in [9.17, 15) is 4.79 Å². The van der Waals surface area contributed by atoms with Crippen molar-refractivity contribution in [1.82, 2.24) is 4.57 Å². The summed E-state index contributed by atoms with van der Waals surface area (Å²) in [4.78, 5) is 12.0. The number of nitrogens with zero attached hydrogens (tertiary/aromatic N) is 1. The van der Waals surface area contributed by atoms with Crippen LogP contribution in [0.1, 0.15) is 40.0 Å². The number of aromatic nitrogens is 1. The van der Waals surface area contributed by atoms with Gasteiger partial charge in [0.1, 0.15) is 0 Å². The monoisotopic (exact) mass is 239 g/mol. The lowest BCUT2D eigenvalue weighted by Gasteiger charge is -2.15. The molecule has 1 aliphatic rings. The van der Waals surface area contributed by atoms with Crippen molar-refractivity contribution in [3.63, 3.8) is 0 Å². The molecule has 0 atom stereocenters. The molecule has 0 aliphatic heterocycles. The van der Waals surface area contributed by atoms with Gasteiger partial charge in [0.2, 0.25) is 0 Å². The van der Waals surface area contributed by atoms with E-state index < -0.39 is 0 Å². The van der Waals surface area contributed by atoms with Crippen LogP contribution in [0.5, 0.6) is 0 Å². The molecule has 0 radical (unpaired) electrons. The van der Waals surface area contributed by atoms with E-state index in [1.54, 1.807) is 0 Å². The van der Waals surface area contributed by atoms with E-state index in [1.807, 2.05) is 13.0 Å². The highest BCUT2D eigenvalue weighted by molar-refractivity contribution is 5.99. The van der Waals surface area contributed by atoms with Crippen molar-refractivity contribution in [3.8, 4) is 0 Å². The number of fused-ring (bicyclic) bond motifs is 1. The van der Waals surface area contributed by atoms with Gasteiger partial charge in [-0.25, -0.2) is 0 Å². The first kappa shape index (κ1) is 11.3. The standard InChI is InChI=1S/C16H17NO/c1-12-10-17(11-13-6-3-2-4-7-13)14-8-5-9-15(18)16(12)14/h2-4,6-7,10H,5,8-9,11H2,1H3. The van der Waals surface area contributed by atoms with Crippen LogP contribution in [0.25, 0.3) is 0 Å². The summed E-state index contributed by atoms with van der Waals surface area (Å²) in [5, 5.41) is 0. The Kier molecular flexibility index (Phi) is 2.78. The largest absolute Gasteiger partial charge is 0.346 e. The average molecular weight is 239 g/mol. The number of carbonyl (C=O) groups excluding carboxylic acids is 1. The van der Waals surface area contributed by atoms with Crippen molar-refractivity contribution in [1.29, 1.82) is 0 Å². The Morgan fingerprint density at radius 1 is 1.17 bits per heavy atom. The second kappa shape index (κ2) is 4.45. The molecule has 1 aliphatic carbocycles. The lowest BCUT2D eigenvalue weighted by atomic mass is 9.94. The maximum atomic E-state index is 12.0. The summed E-state index contributed by atoms with van der Waals surface area (Å²) in [5.74, 6) is 0.320. The third kappa shape index (κ3) is 1.88. The molecule has 0 bridgehead atoms. The first-order valence-corrected chi connectivity index (χ1v) is 6.51. The molecule has 0 N–H and O–H groups in total. The van der Waals surface area contributed by atoms with Gasteiger partial charge in [-0.05, 0) is 30.9 Å². The van der Waals surface area contributed by atoms with Gasteiger partial charge in [-0.15, -0.1) is 0 Å². The van der Waals surface area contributed by atoms with Crippen molar-refractivity contribution in [3.05, 3.63) is 58.9 Å². The second-order valence-corrected chi connectivity index (χ2v) is 5.02. The minimum absolute atomic E-state index is 0.320. The summed E-state index contributed by atoms with van der Waals surface area (Å²) >= 11 is 0. The molecule has 92 valence electrons. The molecule has 0 saturated heterocycles. The van der Waals surface area contributed by atoms with Crippen LogP contribution in [-0.4, -0.2) is 10.4 Å². The highest BCUT2D eigenvalue weighted by Gasteiger charge is 2.23. The smallest absolute Gasteiger partial charge is 0.164 e. The number of hydrogen-bond acceptors (Lipinski definition) is 1. The predicted octanol–water partition coefficient (Wildman–Crippen LogP) is 3.36. The number of aryl methyl sites for hydroxylation is 1. The molecule has 18 heavy (non-hydrogen) atoms. The first-order valence-electron chi connectivity index (χ1n) is 6.51. The van der Waals surface area contributed by atoms with Gasteiger partial charge in [0.05, 0.1) is 0 Å². The van der Waals surface area contributed by atoms with Crippen LogP contribution >= 0.6 is 0 Å². The highest BCUT2D eigenvalue weighted by atomic mass is 16.1. The fourth-order valence-corrected chi connectivity index (χ4v) is 2.86. The van der Waals surface area contributed by atoms with Crippen molar-refractivity contribution < 1.29 is 4.79 Å². The van der Waals surface area contributed by atoms with E-state index in [0.29, 0.717) is 12.2 Å². The fraction of sp³-hybridized carbons (Fsp3) is 0.312. The molecular formula is C16H17NO. The summed E-state index contributed by atoms with van der Waals surface area (Å²) in [6.07, 6.45) is 4.86. The van der Waals surface area contributed by atoms with E-state index in [2.05, 4.69) is 35.0 Å². The Morgan fingerprint density at radius 3 is 2.72 bits per heavy atom. The first-order chi connectivity index (χ1) is 8.75. The quantitative estimate of drug-likeness (QED) is 0.787. The Morgan fingerprint density at radius 2 is 1.94 bits per heavy atom. The zero-order valence-electron chi connectivity index (χ0n) is 10.6. The van der Waals surface area contributed by atoms with Crippen molar-refractivity contribution >= 4 is 5.78 Å². The van der Waals surface area contributed by atoms with E-state index in [4.69, 9.17) is 0 Å². The Hall–Kier alpha value is -1.83. The number of Topliss-reactive ketones (excluding diaryl/α,β-unsaturated/α-hetero) is 1. The third-order valence-electron chi connectivity index (χ3n) is 3.67. The minimum Gasteiger partial charge on any atom is -0.346 e. The van der Waals surface area contributed by atoms with Crippen LogP contribution in [0, 0.1) is 6.92 Å². The number of benzene rings is 1. The van der Waals surface area contributed by atoms with Crippen LogP contribution < -0.4 is 0 Å². The molecule has 3 rings (SSSR count). The molecule has 0 fully saturated rings. The SMILES string of the molecule is Cc1cn(Cc2ccccc2)c2c1C(=O)CCC2. The number of carbonyl (C=O) groups is 1. The van der Waals surface area contributed by atoms with Crippen molar-refractivity contribution in [2.45, 2.75) is 32.7 Å². The normalized spacial score (nSPS) is 14.6. The fourth-order valence-electron chi connectivity index (χ4n) is 2.86. The zero-order valence-corrected chi connectivity index (χ0v) is 10.6. The molecule has 1 aromatic heterocycles. The lowest BCUT2D eigenvalue weighted by Crippen LogP contribution is -2.14. The van der Waals surface area contributed by atoms with Crippen LogP contribution in [0.2, 0.25) is 0 Å². The molecule has 0 saturated carbocycles. The van der Waals surface area contributed by atoms with Gasteiger partial charge in [-0.3, -0.25) is 4.79 Å². The number of rotatable bonds is 2. The Labute approximate surface area is 107 Å². The van der Waals surface area contributed by atoms with Crippen LogP contribution in [0.4, 0.5) is 0 Å². The van der Waals surface area contributed by atoms with Gasteiger partial charge in [0, 0.05) is 30.4 Å². The van der Waals surface area contributed by atoms with Crippen molar-refractivity contribution in [2.24, 2.45) is 0 Å². The zero-order chi connectivity index (χ0) is 12.5. The Balaban J connectivity index is 1.99. The van der Waals surface area contributed by atoms with Crippen molar-refractivity contribution in [2.75, 3.05) is 0 Å². The highest BCUT2D eigenvalue weighted by Crippen LogP contribution is 2.26. The topological polar surface area (TPSA) is 22.0 Å². The Bertz CT molecular complexity index is 581. The minimum atomic E-state index is 0.320. The number of hydrogen-bond donors (Lipinski definition) is 0. The lowest BCUT2D eigenvalue weighted by molar-refractivity contribution is 0.0971. The van der Waals surface area contributed by atoms with Gasteiger partial charge in [-0.2, -0.15) is 0 Å². The molecular weight excluding hydrogens is 222 g/mol. The molecule has 0 unspecified atom stereocenters. The van der Waals surface area contributed by atoms with E-state index in [1.165, 1.54) is 11.3 Å². The van der Waals surface area contributed by atoms with Gasteiger partial charge >= 0.3 is 0 Å². The molecule has 0 amide bonds. The van der Waals surface area contributed by atoms with Gasteiger partial charge in [0.25, 0.3) is 0 Å². The molecule has 1 aromatic carbocycles. The third-order valence-corrected chi connectivity index (χ3v) is 3.67. The van der Waals surface area contributed by atoms with E-state index in [0.717, 1.165) is 30.5 Å². The van der Waals surface area contributed by atoms with Gasteiger partial charge < -0.3 is 4.57 Å². The summed E-state index contributed by atoms with van der Waals surface area (Å²) in [6, 6.07) is 10.4. The maximum Gasteiger partial charge on any atom is 0.164 e. The summed E-state index contributed by atoms with van der Waals surface area (Å²) in [7, 11) is 0. The molecule has 2 heteroatoms. The summed E-state index contributed by atoms with van der Waals surface area (Å²) in [6.45, 7) is 2.91. The van der Waals surface area contributed by atoms with Crippen LogP contribution in [0.3, 0.4) is 0 Å². The predicted molar refractivity (Wildman–Crippen MR) is 72.0 cm³/mol. The molecule has 1 heterocycles. The van der Waals surface area contributed by atoms with Crippen LogP contribution in [0.15, 0.2) is 36.5 Å². The molecule has 2 nitrogen and oxygen atoms in total. The summed E-state index contributed by atoms with van der Waals surface area (Å²) < 4.78 is 2.25. The molecule has 2 aromatic rings. The molecule has 0 spiro atoms. The second-order valence-electron chi connectivity index (χ2n) is 5.02. The van der Waals surface area contributed by atoms with E-state index in [-0.39, 0.29) is 0 Å². The maximum absolute atomic E-state index is 12.0. The number of ketones is 1. The summed E-state index contributed by atoms with van der Waals surface area (Å²) in [5.41, 5.74) is 4.63. The average Bonchev–Trinajstić information content (AvgIpc) is 2.69. The van der Waals surface area contributed by atoms with Gasteiger partial charge in [0.15, 0.2) is 5.78 Å². The van der Waals surface area contributed by atoms with Gasteiger partial charge in [-0.1, -0.05) is 30.3 Å². The van der Waals surface area contributed by atoms with E-state index >= 15 is 0 Å². The van der Waals surface area contributed by atoms with Crippen LogP contribution in [-0.2, 0) is 13.0 Å².